The Morgan fingerprint density at radius 3 is 2.10 bits per heavy atom. The summed E-state index contributed by atoms with van der Waals surface area (Å²) in [5.41, 5.74) is 0.583. The maximum atomic E-state index is 13.6. The van der Waals surface area contributed by atoms with Crippen molar-refractivity contribution in [3.8, 4) is 0 Å². The van der Waals surface area contributed by atoms with Gasteiger partial charge < -0.3 is 4.90 Å². The molecule has 5 nitrogen and oxygen atoms in total. The first-order valence-corrected chi connectivity index (χ1v) is 11.8. The molecule has 3 amide bonds. The molecule has 1 aromatic rings. The van der Waals surface area contributed by atoms with Crippen LogP contribution < -0.4 is 4.90 Å². The predicted octanol–water partition coefficient (Wildman–Crippen LogP) is 4.82. The van der Waals surface area contributed by atoms with Crippen LogP contribution in [0.15, 0.2) is 28.7 Å². The van der Waals surface area contributed by atoms with E-state index in [4.69, 9.17) is 0 Å². The van der Waals surface area contributed by atoms with Crippen LogP contribution in [0.3, 0.4) is 0 Å². The van der Waals surface area contributed by atoms with E-state index in [1.54, 1.807) is 12.1 Å². The normalized spacial score (nSPS) is 24.2. The zero-order valence-electron chi connectivity index (χ0n) is 16.8. The van der Waals surface area contributed by atoms with Gasteiger partial charge in [0.2, 0.25) is 11.8 Å². The highest BCUT2D eigenvalue weighted by Crippen LogP contribution is 2.35. The van der Waals surface area contributed by atoms with Crippen LogP contribution >= 0.6 is 15.9 Å². The van der Waals surface area contributed by atoms with Gasteiger partial charge in [0.15, 0.2) is 0 Å². The number of carbonyl (C=O) groups is 3. The number of carbonyl (C=O) groups excluding carboxylic acids is 3. The molecule has 2 aliphatic carbocycles. The summed E-state index contributed by atoms with van der Waals surface area (Å²) in [4.78, 5) is 42.9. The quantitative estimate of drug-likeness (QED) is 0.604. The Labute approximate surface area is 180 Å². The Bertz CT molecular complexity index is 767. The topological polar surface area (TPSA) is 57.7 Å². The van der Waals surface area contributed by atoms with Gasteiger partial charge in [-0.05, 0) is 49.9 Å². The molecule has 6 heteroatoms. The number of anilines is 1. The van der Waals surface area contributed by atoms with Crippen LogP contribution in [0.25, 0.3) is 0 Å². The SMILES string of the molecule is O=C1CC(N(C(=O)C2CCCCC2)C2CCCCC2)C(=O)N1c1ccc(Br)cc1. The molecule has 0 aromatic heterocycles. The smallest absolute Gasteiger partial charge is 0.257 e. The monoisotopic (exact) mass is 460 g/mol. The number of benzene rings is 1. The van der Waals surface area contributed by atoms with E-state index >= 15 is 0 Å². The van der Waals surface area contributed by atoms with Crippen LogP contribution in [-0.2, 0) is 14.4 Å². The van der Waals surface area contributed by atoms with Gasteiger partial charge in [-0.1, -0.05) is 54.5 Å². The highest BCUT2D eigenvalue weighted by molar-refractivity contribution is 9.10. The molecule has 3 fully saturated rings. The molecular weight excluding hydrogens is 432 g/mol. The van der Waals surface area contributed by atoms with Crippen molar-refractivity contribution in [1.82, 2.24) is 4.90 Å². The Hall–Kier alpha value is -1.69. The van der Waals surface area contributed by atoms with Crippen molar-refractivity contribution in [2.75, 3.05) is 4.90 Å². The third-order valence-corrected chi connectivity index (χ3v) is 7.25. The second kappa shape index (κ2) is 8.99. The lowest BCUT2D eigenvalue weighted by atomic mass is 9.86. The van der Waals surface area contributed by atoms with Gasteiger partial charge >= 0.3 is 0 Å². The van der Waals surface area contributed by atoms with Crippen LogP contribution in [0.5, 0.6) is 0 Å². The summed E-state index contributed by atoms with van der Waals surface area (Å²) < 4.78 is 0.896. The van der Waals surface area contributed by atoms with Crippen molar-refractivity contribution in [3.05, 3.63) is 28.7 Å². The molecular formula is C23H29BrN2O3. The highest BCUT2D eigenvalue weighted by Gasteiger charge is 2.47. The van der Waals surface area contributed by atoms with E-state index < -0.39 is 6.04 Å². The van der Waals surface area contributed by atoms with Gasteiger partial charge in [-0.2, -0.15) is 0 Å². The standard InChI is InChI=1S/C23H29BrN2O3/c24-17-11-13-19(14-12-17)26-21(27)15-20(23(26)29)25(18-9-5-2-6-10-18)22(28)16-7-3-1-4-8-16/h11-14,16,18,20H,1-10,15H2. The summed E-state index contributed by atoms with van der Waals surface area (Å²) >= 11 is 3.39. The molecule has 4 rings (SSSR count). The van der Waals surface area contributed by atoms with Crippen molar-refractivity contribution in [2.24, 2.45) is 5.92 Å². The average Bonchev–Trinajstić information content (AvgIpc) is 3.04. The fraction of sp³-hybridized carbons (Fsp3) is 0.609. The third kappa shape index (κ3) is 4.27. The van der Waals surface area contributed by atoms with Gasteiger partial charge in [0.25, 0.3) is 5.91 Å². The number of hydrogen-bond donors (Lipinski definition) is 0. The van der Waals surface area contributed by atoms with Crippen LogP contribution in [0.4, 0.5) is 5.69 Å². The van der Waals surface area contributed by atoms with Crippen LogP contribution in [0, 0.1) is 5.92 Å². The molecule has 0 bridgehead atoms. The molecule has 0 radical (unpaired) electrons. The molecule has 1 heterocycles. The van der Waals surface area contributed by atoms with Crippen LogP contribution in [0.1, 0.15) is 70.6 Å². The lowest BCUT2D eigenvalue weighted by molar-refractivity contribution is -0.146. The summed E-state index contributed by atoms with van der Waals surface area (Å²) in [7, 11) is 0. The molecule has 0 N–H and O–H groups in total. The summed E-state index contributed by atoms with van der Waals surface area (Å²) in [6, 6.07) is 6.64. The van der Waals surface area contributed by atoms with Gasteiger partial charge in [0.1, 0.15) is 6.04 Å². The lowest BCUT2D eigenvalue weighted by Gasteiger charge is -2.40. The molecule has 3 aliphatic rings. The lowest BCUT2D eigenvalue weighted by Crippen LogP contribution is -2.53. The van der Waals surface area contributed by atoms with E-state index in [0.29, 0.717) is 5.69 Å². The molecule has 1 atom stereocenters. The Morgan fingerprint density at radius 2 is 1.48 bits per heavy atom. The number of rotatable bonds is 4. The van der Waals surface area contributed by atoms with Crippen molar-refractivity contribution in [1.29, 1.82) is 0 Å². The van der Waals surface area contributed by atoms with Gasteiger partial charge in [0, 0.05) is 16.4 Å². The number of nitrogens with zero attached hydrogens (tertiary/aromatic N) is 2. The van der Waals surface area contributed by atoms with Crippen molar-refractivity contribution >= 4 is 39.3 Å². The molecule has 156 valence electrons. The number of imide groups is 1. The number of hydrogen-bond acceptors (Lipinski definition) is 3. The molecule has 2 saturated carbocycles. The van der Waals surface area contributed by atoms with E-state index in [9.17, 15) is 14.4 Å². The van der Waals surface area contributed by atoms with Crippen molar-refractivity contribution in [2.45, 2.75) is 82.7 Å². The van der Waals surface area contributed by atoms with Gasteiger partial charge in [-0.15, -0.1) is 0 Å². The van der Waals surface area contributed by atoms with Gasteiger partial charge in [0.05, 0.1) is 12.1 Å². The first-order valence-electron chi connectivity index (χ1n) is 11.0. The summed E-state index contributed by atoms with van der Waals surface area (Å²) in [6.45, 7) is 0. The maximum absolute atomic E-state index is 13.6. The minimum absolute atomic E-state index is 0.00955. The molecule has 1 saturated heterocycles. The second-order valence-electron chi connectivity index (χ2n) is 8.64. The van der Waals surface area contributed by atoms with Gasteiger partial charge in [-0.3, -0.25) is 14.4 Å². The average molecular weight is 461 g/mol. The van der Waals surface area contributed by atoms with E-state index in [1.165, 1.54) is 17.7 Å². The summed E-state index contributed by atoms with van der Waals surface area (Å²) in [5, 5.41) is 0. The maximum Gasteiger partial charge on any atom is 0.257 e. The van der Waals surface area contributed by atoms with E-state index in [1.807, 2.05) is 17.0 Å². The Balaban J connectivity index is 1.61. The fourth-order valence-electron chi connectivity index (χ4n) is 5.20. The van der Waals surface area contributed by atoms with Crippen molar-refractivity contribution in [3.63, 3.8) is 0 Å². The zero-order chi connectivity index (χ0) is 20.4. The molecule has 29 heavy (non-hydrogen) atoms. The summed E-state index contributed by atoms with van der Waals surface area (Å²) in [6.07, 6.45) is 10.5. The van der Waals surface area contributed by atoms with E-state index in [2.05, 4.69) is 15.9 Å². The van der Waals surface area contributed by atoms with E-state index in [-0.39, 0.29) is 36.1 Å². The Morgan fingerprint density at radius 1 is 0.897 bits per heavy atom. The minimum atomic E-state index is -0.649. The summed E-state index contributed by atoms with van der Waals surface area (Å²) in [5.74, 6) is -0.331. The van der Waals surface area contributed by atoms with E-state index in [0.717, 1.165) is 55.8 Å². The Kier molecular flexibility index (Phi) is 6.38. The van der Waals surface area contributed by atoms with Gasteiger partial charge in [-0.25, -0.2) is 4.90 Å². The fourth-order valence-corrected chi connectivity index (χ4v) is 5.47. The minimum Gasteiger partial charge on any atom is -0.327 e. The molecule has 1 aliphatic heterocycles. The van der Waals surface area contributed by atoms with Crippen LogP contribution in [-0.4, -0.2) is 34.7 Å². The van der Waals surface area contributed by atoms with Crippen molar-refractivity contribution < 1.29 is 14.4 Å². The molecule has 1 unspecified atom stereocenters. The zero-order valence-corrected chi connectivity index (χ0v) is 18.4. The number of amides is 3. The highest BCUT2D eigenvalue weighted by atomic mass is 79.9. The predicted molar refractivity (Wildman–Crippen MR) is 115 cm³/mol. The molecule has 1 aromatic carbocycles. The second-order valence-corrected chi connectivity index (χ2v) is 9.55. The third-order valence-electron chi connectivity index (χ3n) is 6.72. The van der Waals surface area contributed by atoms with Crippen LogP contribution in [0.2, 0.25) is 0 Å². The first-order chi connectivity index (χ1) is 14.1. The largest absolute Gasteiger partial charge is 0.327 e. The first kappa shape index (κ1) is 20.6. The number of halogens is 1. The molecule has 0 spiro atoms.